The van der Waals surface area contributed by atoms with Crippen LogP contribution in [0.15, 0.2) is 48.5 Å². The first-order valence-corrected chi connectivity index (χ1v) is 8.35. The Bertz CT molecular complexity index is 724. The maximum atomic E-state index is 12.8. The molecule has 8 heteroatoms. The Kier molecular flexibility index (Phi) is 9.85. The monoisotopic (exact) mass is 395 g/mol. The quantitative estimate of drug-likeness (QED) is 0.569. The molecule has 0 fully saturated rings. The van der Waals surface area contributed by atoms with Crippen molar-refractivity contribution in [1.29, 1.82) is 0 Å². The van der Waals surface area contributed by atoms with Crippen molar-refractivity contribution < 1.29 is 18.7 Å². The lowest BCUT2D eigenvalue weighted by Crippen LogP contribution is -2.25. The summed E-state index contributed by atoms with van der Waals surface area (Å²) in [5, 5.41) is 5.47. The van der Waals surface area contributed by atoms with Crippen LogP contribution in [0.5, 0.6) is 5.75 Å². The van der Waals surface area contributed by atoms with E-state index in [1.54, 1.807) is 24.3 Å². The molecular weight excluding hydrogens is 373 g/mol. The van der Waals surface area contributed by atoms with E-state index in [-0.39, 0.29) is 30.6 Å². The Hall–Kier alpha value is -2.64. The Morgan fingerprint density at radius 3 is 2.33 bits per heavy atom. The molecule has 0 saturated heterocycles. The van der Waals surface area contributed by atoms with E-state index in [1.165, 1.54) is 24.3 Å². The molecule has 0 radical (unpaired) electrons. The molecule has 0 bridgehead atoms. The van der Waals surface area contributed by atoms with Crippen LogP contribution < -0.4 is 21.1 Å². The first-order chi connectivity index (χ1) is 12.6. The van der Waals surface area contributed by atoms with E-state index >= 15 is 0 Å². The molecule has 4 N–H and O–H groups in total. The van der Waals surface area contributed by atoms with Crippen LogP contribution in [0.4, 0.5) is 10.1 Å². The Balaban J connectivity index is 0.00000364. The van der Waals surface area contributed by atoms with E-state index in [9.17, 15) is 14.0 Å². The molecule has 0 heterocycles. The molecule has 0 aliphatic heterocycles. The molecule has 27 heavy (non-hydrogen) atoms. The third-order valence-corrected chi connectivity index (χ3v) is 3.50. The van der Waals surface area contributed by atoms with Gasteiger partial charge in [0.15, 0.2) is 0 Å². The summed E-state index contributed by atoms with van der Waals surface area (Å²) < 4.78 is 18.2. The molecule has 0 aliphatic rings. The van der Waals surface area contributed by atoms with Crippen molar-refractivity contribution in [3.05, 3.63) is 59.9 Å². The molecule has 0 saturated carbocycles. The molecule has 0 spiro atoms. The highest BCUT2D eigenvalue weighted by Gasteiger charge is 2.06. The lowest BCUT2D eigenvalue weighted by atomic mass is 10.2. The zero-order chi connectivity index (χ0) is 18.8. The average Bonchev–Trinajstić information content (AvgIpc) is 2.65. The summed E-state index contributed by atoms with van der Waals surface area (Å²) in [7, 11) is 0. The fourth-order valence-electron chi connectivity index (χ4n) is 2.19. The predicted molar refractivity (Wildman–Crippen MR) is 105 cm³/mol. The van der Waals surface area contributed by atoms with Gasteiger partial charge in [0.05, 0.1) is 0 Å². The largest absolute Gasteiger partial charge is 0.492 e. The van der Waals surface area contributed by atoms with Crippen molar-refractivity contribution in [3.63, 3.8) is 0 Å². The lowest BCUT2D eigenvalue weighted by molar-refractivity contribution is -0.116. The number of amides is 2. The molecule has 0 aromatic heterocycles. The molecule has 2 aromatic rings. The van der Waals surface area contributed by atoms with Gasteiger partial charge in [0.1, 0.15) is 18.2 Å². The average molecular weight is 396 g/mol. The maximum absolute atomic E-state index is 12.8. The zero-order valence-corrected chi connectivity index (χ0v) is 15.6. The first-order valence-electron chi connectivity index (χ1n) is 8.35. The number of benzene rings is 2. The van der Waals surface area contributed by atoms with Gasteiger partial charge in [-0.25, -0.2) is 4.39 Å². The van der Waals surface area contributed by atoms with Gasteiger partial charge in [0.25, 0.3) is 5.91 Å². The van der Waals surface area contributed by atoms with Crippen molar-refractivity contribution in [2.75, 3.05) is 25.0 Å². The van der Waals surface area contributed by atoms with Crippen LogP contribution in [-0.2, 0) is 4.79 Å². The van der Waals surface area contributed by atoms with Crippen molar-refractivity contribution in [1.82, 2.24) is 5.32 Å². The highest BCUT2D eigenvalue weighted by molar-refractivity contribution is 5.94. The van der Waals surface area contributed by atoms with E-state index in [0.29, 0.717) is 43.1 Å². The van der Waals surface area contributed by atoms with E-state index < -0.39 is 5.82 Å². The molecule has 146 valence electrons. The molecule has 0 unspecified atom stereocenters. The summed E-state index contributed by atoms with van der Waals surface area (Å²) in [6, 6.07) is 12.3. The van der Waals surface area contributed by atoms with Crippen LogP contribution in [-0.4, -0.2) is 31.5 Å². The molecule has 2 aromatic carbocycles. The van der Waals surface area contributed by atoms with Crippen molar-refractivity contribution >= 4 is 29.9 Å². The van der Waals surface area contributed by atoms with Gasteiger partial charge in [-0.3, -0.25) is 9.59 Å². The molecule has 0 aliphatic carbocycles. The Labute approximate surface area is 163 Å². The minimum atomic E-state index is -0.391. The molecule has 2 rings (SSSR count). The Morgan fingerprint density at radius 2 is 1.70 bits per heavy atom. The number of hydrogen-bond donors (Lipinski definition) is 3. The molecular formula is C19H23ClFN3O3. The van der Waals surface area contributed by atoms with Crippen molar-refractivity contribution in [2.45, 2.75) is 12.8 Å². The SMILES string of the molecule is Cl.NCCOc1ccc(NC(=O)CCCNC(=O)c2ccc(F)cc2)cc1. The van der Waals surface area contributed by atoms with Crippen LogP contribution in [0.25, 0.3) is 0 Å². The summed E-state index contributed by atoms with van der Waals surface area (Å²) in [6.45, 7) is 1.24. The van der Waals surface area contributed by atoms with E-state index in [0.717, 1.165) is 0 Å². The summed E-state index contributed by atoms with van der Waals surface area (Å²) in [5.41, 5.74) is 6.42. The van der Waals surface area contributed by atoms with Crippen LogP contribution in [0.3, 0.4) is 0 Å². The maximum Gasteiger partial charge on any atom is 0.251 e. The van der Waals surface area contributed by atoms with Crippen LogP contribution in [0.2, 0.25) is 0 Å². The molecule has 6 nitrogen and oxygen atoms in total. The van der Waals surface area contributed by atoms with Gasteiger partial charge in [-0.1, -0.05) is 0 Å². The Morgan fingerprint density at radius 1 is 1.04 bits per heavy atom. The smallest absolute Gasteiger partial charge is 0.251 e. The minimum Gasteiger partial charge on any atom is -0.492 e. The lowest BCUT2D eigenvalue weighted by Gasteiger charge is -2.08. The number of anilines is 1. The van der Waals surface area contributed by atoms with Gasteiger partial charge in [-0.2, -0.15) is 0 Å². The van der Waals surface area contributed by atoms with E-state index in [2.05, 4.69) is 10.6 Å². The number of carbonyl (C=O) groups is 2. The summed E-state index contributed by atoms with van der Waals surface area (Å²) in [5.74, 6) is -0.135. The highest BCUT2D eigenvalue weighted by atomic mass is 35.5. The molecule has 2 amide bonds. The number of hydrogen-bond acceptors (Lipinski definition) is 4. The number of nitrogens with one attached hydrogen (secondary N) is 2. The number of ether oxygens (including phenoxy) is 1. The van der Waals surface area contributed by atoms with Gasteiger partial charge in [0, 0.05) is 30.8 Å². The summed E-state index contributed by atoms with van der Waals surface area (Å²) in [4.78, 5) is 23.8. The minimum absolute atomic E-state index is 0. The van der Waals surface area contributed by atoms with Gasteiger partial charge in [-0.15, -0.1) is 12.4 Å². The third-order valence-electron chi connectivity index (χ3n) is 3.50. The van der Waals surface area contributed by atoms with Gasteiger partial charge in [0.2, 0.25) is 5.91 Å². The first kappa shape index (κ1) is 22.4. The second kappa shape index (κ2) is 11.9. The molecule has 0 atom stereocenters. The van der Waals surface area contributed by atoms with Gasteiger partial charge < -0.3 is 21.1 Å². The second-order valence-electron chi connectivity index (χ2n) is 5.58. The normalized spacial score (nSPS) is 9.85. The second-order valence-corrected chi connectivity index (χ2v) is 5.58. The van der Waals surface area contributed by atoms with Crippen LogP contribution in [0.1, 0.15) is 23.2 Å². The van der Waals surface area contributed by atoms with Crippen molar-refractivity contribution in [2.24, 2.45) is 5.73 Å². The number of carbonyl (C=O) groups excluding carboxylic acids is 2. The predicted octanol–water partition coefficient (Wildman–Crippen LogP) is 2.73. The summed E-state index contributed by atoms with van der Waals surface area (Å²) >= 11 is 0. The third kappa shape index (κ3) is 8.06. The fourth-order valence-corrected chi connectivity index (χ4v) is 2.19. The number of nitrogens with two attached hydrogens (primary N) is 1. The number of rotatable bonds is 9. The van der Waals surface area contributed by atoms with E-state index in [1.807, 2.05) is 0 Å². The zero-order valence-electron chi connectivity index (χ0n) is 14.7. The van der Waals surface area contributed by atoms with Crippen molar-refractivity contribution in [3.8, 4) is 5.75 Å². The van der Waals surface area contributed by atoms with E-state index in [4.69, 9.17) is 10.5 Å². The van der Waals surface area contributed by atoms with Gasteiger partial charge >= 0.3 is 0 Å². The highest BCUT2D eigenvalue weighted by Crippen LogP contribution is 2.15. The topological polar surface area (TPSA) is 93.4 Å². The van der Waals surface area contributed by atoms with Crippen LogP contribution >= 0.6 is 12.4 Å². The number of halogens is 2. The summed E-state index contributed by atoms with van der Waals surface area (Å²) in [6.07, 6.45) is 0.769. The fraction of sp³-hybridized carbons (Fsp3) is 0.263. The van der Waals surface area contributed by atoms with Crippen LogP contribution in [0, 0.1) is 5.82 Å². The van der Waals surface area contributed by atoms with Gasteiger partial charge in [-0.05, 0) is 55.0 Å². The standard InChI is InChI=1S/C19H22FN3O3.ClH/c20-15-5-3-14(4-6-15)19(25)22-12-1-2-18(24)23-16-7-9-17(10-8-16)26-13-11-21;/h3-10H,1-2,11-13,21H2,(H,22,25)(H,23,24);1H.